The quantitative estimate of drug-likeness (QED) is 0.0394. The van der Waals surface area contributed by atoms with Gasteiger partial charge >= 0.3 is 0 Å². The zero-order valence-electron chi connectivity index (χ0n) is 26.4. The highest BCUT2D eigenvalue weighted by molar-refractivity contribution is 6.01. The average Bonchev–Trinajstić information content (AvgIpc) is 3.51. The minimum absolute atomic E-state index is 0.00602. The fourth-order valence-corrected chi connectivity index (χ4v) is 5.54. The molecule has 4 aromatic carbocycles. The Labute approximate surface area is 281 Å². The van der Waals surface area contributed by atoms with Crippen LogP contribution in [0.2, 0.25) is 0 Å². The number of aliphatic hydroxyl groups is 1. The first-order valence-electron chi connectivity index (χ1n) is 15.6. The molecule has 1 heterocycles. The Morgan fingerprint density at radius 2 is 1.67 bits per heavy atom. The Morgan fingerprint density at radius 1 is 0.959 bits per heavy atom. The molecular formula is C35H34FN9O4. The summed E-state index contributed by atoms with van der Waals surface area (Å²) in [6, 6.07) is 27.4. The lowest BCUT2D eigenvalue weighted by Crippen LogP contribution is -2.54. The molecule has 0 unspecified atom stereocenters. The fourth-order valence-electron chi connectivity index (χ4n) is 5.54. The molecule has 0 saturated carbocycles. The van der Waals surface area contributed by atoms with Crippen LogP contribution in [-0.2, 0) is 28.9 Å². The van der Waals surface area contributed by atoms with E-state index in [0.717, 1.165) is 0 Å². The predicted octanol–water partition coefficient (Wildman–Crippen LogP) is 6.70. The first-order valence-corrected chi connectivity index (χ1v) is 15.6. The Balaban J connectivity index is 1.57. The van der Waals surface area contributed by atoms with Gasteiger partial charge in [0.2, 0.25) is 5.90 Å². The molecule has 0 spiro atoms. The Hall–Kier alpha value is -5.91. The molecule has 0 bridgehead atoms. The average molecular weight is 664 g/mol. The third-order valence-electron chi connectivity index (χ3n) is 7.96. The first-order chi connectivity index (χ1) is 24.0. The Morgan fingerprint density at radius 3 is 2.41 bits per heavy atom. The molecule has 5 rings (SSSR count). The summed E-state index contributed by atoms with van der Waals surface area (Å²) in [5.74, 6) is -0.159. The molecule has 14 heteroatoms. The number of halogens is 1. The fraction of sp³-hybridized carbons (Fsp3) is 0.257. The molecular weight excluding hydrogens is 629 g/mol. The molecule has 250 valence electrons. The van der Waals surface area contributed by atoms with Gasteiger partial charge in [0, 0.05) is 52.6 Å². The van der Waals surface area contributed by atoms with Crippen molar-refractivity contribution in [3.05, 3.63) is 152 Å². The molecule has 2 atom stereocenters. The first kappa shape index (κ1) is 34.4. The highest BCUT2D eigenvalue weighted by Crippen LogP contribution is 2.45. The van der Waals surface area contributed by atoms with Crippen molar-refractivity contribution in [2.24, 2.45) is 15.2 Å². The van der Waals surface area contributed by atoms with Gasteiger partial charge in [-0.25, -0.2) is 14.8 Å². The largest absolute Gasteiger partial charge is 0.494 e. The number of aliphatic hydroxyl groups excluding tert-OH is 1. The van der Waals surface area contributed by atoms with Crippen LogP contribution in [0.15, 0.2) is 112 Å². The van der Waals surface area contributed by atoms with E-state index in [2.05, 4.69) is 30.9 Å². The lowest BCUT2D eigenvalue weighted by molar-refractivity contribution is -0.130. The van der Waals surface area contributed by atoms with Crippen LogP contribution in [0.25, 0.3) is 20.9 Å². The second-order valence-corrected chi connectivity index (χ2v) is 11.1. The molecule has 1 amide bonds. The van der Waals surface area contributed by atoms with Crippen LogP contribution in [0.5, 0.6) is 5.75 Å². The zero-order valence-corrected chi connectivity index (χ0v) is 26.4. The minimum atomic E-state index is -1.68. The maximum absolute atomic E-state index is 14.5. The highest BCUT2D eigenvalue weighted by atomic mass is 19.1. The monoisotopic (exact) mass is 663 g/mol. The van der Waals surface area contributed by atoms with E-state index in [0.29, 0.717) is 53.0 Å². The van der Waals surface area contributed by atoms with E-state index in [1.54, 1.807) is 78.9 Å². The molecule has 0 fully saturated rings. The summed E-state index contributed by atoms with van der Waals surface area (Å²) in [6.07, 6.45) is -0.288. The summed E-state index contributed by atoms with van der Waals surface area (Å²) in [6.45, 7) is 0.607. The summed E-state index contributed by atoms with van der Waals surface area (Å²) in [5, 5.41) is 16.7. The molecule has 49 heavy (non-hydrogen) atoms. The van der Waals surface area contributed by atoms with Crippen LogP contribution >= 0.6 is 0 Å². The van der Waals surface area contributed by atoms with Crippen molar-refractivity contribution in [3.63, 3.8) is 0 Å². The van der Waals surface area contributed by atoms with Gasteiger partial charge in [-0.3, -0.25) is 10.2 Å². The summed E-state index contributed by atoms with van der Waals surface area (Å²) in [4.78, 5) is 25.4. The van der Waals surface area contributed by atoms with Crippen molar-refractivity contribution in [1.29, 1.82) is 0 Å². The molecule has 13 nitrogen and oxygen atoms in total. The lowest BCUT2D eigenvalue weighted by atomic mass is 9.80. The van der Waals surface area contributed by atoms with Gasteiger partial charge < -0.3 is 14.6 Å². The van der Waals surface area contributed by atoms with E-state index in [-0.39, 0.29) is 43.5 Å². The van der Waals surface area contributed by atoms with E-state index in [1.165, 1.54) is 6.07 Å². The number of aliphatic imine (C=N–C) groups is 1. The number of nitrogens with one attached hydrogen (secondary N) is 2. The molecule has 0 aliphatic carbocycles. The number of carbonyl (C=O) groups excluding carboxylic acids is 1. The number of azide groups is 2. The van der Waals surface area contributed by atoms with Crippen molar-refractivity contribution in [3.8, 4) is 5.75 Å². The molecule has 0 radical (unpaired) electrons. The van der Waals surface area contributed by atoms with Crippen molar-refractivity contribution in [2.45, 2.75) is 37.5 Å². The third-order valence-corrected chi connectivity index (χ3v) is 7.96. The highest BCUT2D eigenvalue weighted by Gasteiger charge is 2.54. The van der Waals surface area contributed by atoms with Crippen molar-refractivity contribution in [1.82, 2.24) is 10.9 Å². The van der Waals surface area contributed by atoms with Gasteiger partial charge in [0.15, 0.2) is 11.6 Å². The summed E-state index contributed by atoms with van der Waals surface area (Å²) in [7, 11) is 0. The van der Waals surface area contributed by atoms with Crippen LogP contribution in [0.3, 0.4) is 0 Å². The number of ether oxygens (including phenoxy) is 2. The maximum atomic E-state index is 14.5. The van der Waals surface area contributed by atoms with Gasteiger partial charge in [-0.05, 0) is 64.5 Å². The second-order valence-electron chi connectivity index (χ2n) is 11.1. The summed E-state index contributed by atoms with van der Waals surface area (Å²) in [5.41, 5.74) is 25.5. The van der Waals surface area contributed by atoms with Gasteiger partial charge in [0.25, 0.3) is 5.91 Å². The maximum Gasteiger partial charge on any atom is 0.266 e. The summed E-state index contributed by atoms with van der Waals surface area (Å²) >= 11 is 0. The van der Waals surface area contributed by atoms with Crippen LogP contribution in [-0.4, -0.2) is 42.2 Å². The lowest BCUT2D eigenvalue weighted by Gasteiger charge is -2.32. The SMILES string of the molecule is [N-]=[N+]=NCc1ccccc1C[C@]1(C(=O)NNCCc2ccccc2F)N=C(c2ccc(OCCCO)cc2)O[C@H]1c1ccccc1N=[N+]=[N-]. The zero-order chi connectivity index (χ0) is 34.5. The Kier molecular flexibility index (Phi) is 11.8. The topological polar surface area (TPSA) is 190 Å². The van der Waals surface area contributed by atoms with Gasteiger partial charge in [-0.15, -0.1) is 0 Å². The predicted molar refractivity (Wildman–Crippen MR) is 181 cm³/mol. The Bertz CT molecular complexity index is 1890. The third kappa shape index (κ3) is 8.33. The second kappa shape index (κ2) is 16.8. The minimum Gasteiger partial charge on any atom is -0.494 e. The molecule has 4 aromatic rings. The van der Waals surface area contributed by atoms with Crippen LogP contribution in [0, 0.1) is 5.82 Å². The van der Waals surface area contributed by atoms with E-state index >= 15 is 0 Å². The number of carbonyl (C=O) groups is 1. The molecule has 1 aliphatic rings. The van der Waals surface area contributed by atoms with E-state index in [1.807, 2.05) is 12.1 Å². The molecule has 0 saturated heterocycles. The molecule has 0 aromatic heterocycles. The van der Waals surface area contributed by atoms with Crippen molar-refractivity contribution in [2.75, 3.05) is 19.8 Å². The normalized spacial score (nSPS) is 16.4. The number of nitrogens with zero attached hydrogens (tertiary/aromatic N) is 7. The van der Waals surface area contributed by atoms with E-state index in [9.17, 15) is 14.7 Å². The molecule has 1 aliphatic heterocycles. The van der Waals surface area contributed by atoms with Crippen LogP contribution in [0.4, 0.5) is 10.1 Å². The van der Waals surface area contributed by atoms with Gasteiger partial charge in [-0.1, -0.05) is 77.0 Å². The van der Waals surface area contributed by atoms with Crippen molar-refractivity contribution >= 4 is 17.5 Å². The van der Waals surface area contributed by atoms with Gasteiger partial charge in [0.05, 0.1) is 13.2 Å². The number of rotatable bonds is 16. The van der Waals surface area contributed by atoms with Gasteiger partial charge in [-0.2, -0.15) is 0 Å². The number of hydrazine groups is 1. The standard InChI is InChI=1S/C35H34FN9O4/c36-30-12-5-3-8-24(30)18-19-39-43-34(47)35(22-26-9-1-2-10-27(26)23-40-44-37)32(29-11-4-6-13-31(29)42-45-38)49-33(41-35)25-14-16-28(17-15-25)48-21-7-20-46/h1-6,8-17,32,39,46H,7,18-23H2,(H,43,47)/t32-,35-/m0/s1. The number of hydrogen-bond acceptors (Lipinski definition) is 8. The smallest absolute Gasteiger partial charge is 0.266 e. The number of benzene rings is 4. The van der Waals surface area contributed by atoms with Crippen LogP contribution in [0.1, 0.15) is 40.3 Å². The summed E-state index contributed by atoms with van der Waals surface area (Å²) < 4.78 is 26.5. The van der Waals surface area contributed by atoms with Crippen LogP contribution < -0.4 is 15.6 Å². The number of amides is 1. The number of hydrogen-bond donors (Lipinski definition) is 3. The van der Waals surface area contributed by atoms with Crippen molar-refractivity contribution < 1.29 is 23.8 Å². The molecule has 3 N–H and O–H groups in total. The van der Waals surface area contributed by atoms with E-state index < -0.39 is 17.6 Å². The van der Waals surface area contributed by atoms with E-state index in [4.69, 9.17) is 25.1 Å². The van der Waals surface area contributed by atoms with Gasteiger partial charge in [0.1, 0.15) is 11.6 Å².